The number of para-hydroxylation sites is 1. The molecule has 0 saturated heterocycles. The van der Waals surface area contributed by atoms with Crippen molar-refractivity contribution >= 4 is 17.7 Å². The molecule has 1 aliphatic carbocycles. The first-order valence-electron chi connectivity index (χ1n) is 7.27. The van der Waals surface area contributed by atoms with E-state index in [-0.39, 0.29) is 5.91 Å². The smallest absolute Gasteiger partial charge is 0.224 e. The van der Waals surface area contributed by atoms with Crippen molar-refractivity contribution in [1.82, 2.24) is 5.32 Å². The summed E-state index contributed by atoms with van der Waals surface area (Å²) in [6.45, 7) is 2.18. The van der Waals surface area contributed by atoms with Gasteiger partial charge < -0.3 is 10.1 Å². The molecule has 0 spiro atoms. The van der Waals surface area contributed by atoms with E-state index in [1.807, 2.05) is 36.0 Å². The van der Waals surface area contributed by atoms with Crippen LogP contribution in [0.5, 0.6) is 5.75 Å². The number of hydrogen-bond donors (Lipinski definition) is 1. The molecule has 0 aromatic heterocycles. The number of thioether (sulfide) groups is 1. The molecule has 1 aromatic carbocycles. The van der Waals surface area contributed by atoms with E-state index in [2.05, 4.69) is 12.2 Å². The Labute approximate surface area is 125 Å². The first-order valence-corrected chi connectivity index (χ1v) is 8.32. The summed E-state index contributed by atoms with van der Waals surface area (Å²) in [6.07, 6.45) is 3.94. The molecule has 110 valence electrons. The summed E-state index contributed by atoms with van der Waals surface area (Å²) >= 11 is 1.96. The van der Waals surface area contributed by atoms with Crippen molar-refractivity contribution in [3.8, 4) is 5.75 Å². The predicted molar refractivity (Wildman–Crippen MR) is 84.4 cm³/mol. The highest BCUT2D eigenvalue weighted by molar-refractivity contribution is 7.99. The minimum absolute atomic E-state index is 0.100. The monoisotopic (exact) mass is 293 g/mol. The zero-order chi connectivity index (χ0) is 14.4. The van der Waals surface area contributed by atoms with Gasteiger partial charge in [-0.15, -0.1) is 0 Å². The van der Waals surface area contributed by atoms with Gasteiger partial charge in [0.1, 0.15) is 5.75 Å². The van der Waals surface area contributed by atoms with Gasteiger partial charge in [-0.05, 0) is 24.7 Å². The maximum Gasteiger partial charge on any atom is 0.224 e. The molecule has 0 bridgehead atoms. The van der Waals surface area contributed by atoms with Crippen LogP contribution in [0.2, 0.25) is 0 Å². The van der Waals surface area contributed by atoms with Gasteiger partial charge in [-0.25, -0.2) is 0 Å². The topological polar surface area (TPSA) is 38.3 Å². The van der Waals surface area contributed by atoms with Gasteiger partial charge in [0.2, 0.25) is 5.91 Å². The van der Waals surface area contributed by atoms with Gasteiger partial charge in [0.15, 0.2) is 0 Å². The number of benzene rings is 1. The van der Waals surface area contributed by atoms with Crippen molar-refractivity contribution in [2.24, 2.45) is 0 Å². The van der Waals surface area contributed by atoms with Gasteiger partial charge in [-0.2, -0.15) is 11.8 Å². The summed E-state index contributed by atoms with van der Waals surface area (Å²) in [5.74, 6) is 2.00. The maximum absolute atomic E-state index is 12.2. The number of hydrogen-bond acceptors (Lipinski definition) is 3. The molecule has 0 heterocycles. The van der Waals surface area contributed by atoms with E-state index in [0.717, 1.165) is 23.5 Å². The molecule has 3 nitrogen and oxygen atoms in total. The molecule has 20 heavy (non-hydrogen) atoms. The number of amides is 1. The second kappa shape index (κ2) is 7.58. The van der Waals surface area contributed by atoms with E-state index in [1.54, 1.807) is 7.11 Å². The Morgan fingerprint density at radius 3 is 2.95 bits per heavy atom. The molecular weight excluding hydrogens is 270 g/mol. The Bertz CT molecular complexity index is 450. The summed E-state index contributed by atoms with van der Waals surface area (Å²) in [4.78, 5) is 12.2. The van der Waals surface area contributed by atoms with Crippen LogP contribution in [0.3, 0.4) is 0 Å². The molecule has 1 N–H and O–H groups in total. The fourth-order valence-corrected chi connectivity index (χ4v) is 3.98. The van der Waals surface area contributed by atoms with Crippen LogP contribution in [0.15, 0.2) is 24.3 Å². The number of ether oxygens (including phenoxy) is 1. The van der Waals surface area contributed by atoms with Crippen molar-refractivity contribution < 1.29 is 9.53 Å². The summed E-state index contributed by atoms with van der Waals surface area (Å²) in [5.41, 5.74) is 0.949. The third-order valence-electron chi connectivity index (χ3n) is 3.72. The Morgan fingerprint density at radius 1 is 1.40 bits per heavy atom. The zero-order valence-corrected chi connectivity index (χ0v) is 13.0. The maximum atomic E-state index is 12.2. The normalized spacial score (nSPS) is 21.7. The second-order valence-corrected chi connectivity index (χ2v) is 6.60. The van der Waals surface area contributed by atoms with Gasteiger partial charge in [0.05, 0.1) is 13.5 Å². The molecule has 0 aliphatic heterocycles. The van der Waals surface area contributed by atoms with Crippen molar-refractivity contribution in [2.45, 2.75) is 43.9 Å². The highest BCUT2D eigenvalue weighted by atomic mass is 32.2. The molecule has 1 fully saturated rings. The van der Waals surface area contributed by atoms with Crippen LogP contribution >= 0.6 is 11.8 Å². The van der Waals surface area contributed by atoms with Gasteiger partial charge in [-0.1, -0.05) is 31.5 Å². The van der Waals surface area contributed by atoms with Crippen LogP contribution < -0.4 is 10.1 Å². The van der Waals surface area contributed by atoms with Gasteiger partial charge in [0, 0.05) is 16.9 Å². The molecule has 2 atom stereocenters. The first kappa shape index (κ1) is 15.2. The number of methoxy groups -OCH3 is 1. The Balaban J connectivity index is 1.92. The number of carbonyl (C=O) groups excluding carboxylic acids is 1. The Kier molecular flexibility index (Phi) is 5.77. The van der Waals surface area contributed by atoms with E-state index in [0.29, 0.717) is 17.7 Å². The molecule has 0 unspecified atom stereocenters. The van der Waals surface area contributed by atoms with Gasteiger partial charge in [0.25, 0.3) is 0 Å². The van der Waals surface area contributed by atoms with Crippen LogP contribution in [0.4, 0.5) is 0 Å². The van der Waals surface area contributed by atoms with Crippen molar-refractivity contribution in [2.75, 3.05) is 12.9 Å². The van der Waals surface area contributed by atoms with Gasteiger partial charge >= 0.3 is 0 Å². The standard InChI is InChI=1S/C16H23NO2S/c1-3-20-15-10-6-8-13(15)17-16(18)11-12-7-4-5-9-14(12)19-2/h4-5,7,9,13,15H,3,6,8,10-11H2,1-2H3,(H,17,18)/t13-,15+/m1/s1. The molecule has 1 amide bonds. The van der Waals surface area contributed by atoms with Crippen LogP contribution in [0.25, 0.3) is 0 Å². The minimum Gasteiger partial charge on any atom is -0.496 e. The Morgan fingerprint density at radius 2 is 2.20 bits per heavy atom. The number of rotatable bonds is 6. The first-order chi connectivity index (χ1) is 9.74. The van der Waals surface area contributed by atoms with Crippen molar-refractivity contribution in [1.29, 1.82) is 0 Å². The SMILES string of the molecule is CCS[C@H]1CCC[C@H]1NC(=O)Cc1ccccc1OC. The second-order valence-electron chi connectivity index (χ2n) is 5.09. The van der Waals surface area contributed by atoms with Crippen LogP contribution in [-0.2, 0) is 11.2 Å². The van der Waals surface area contributed by atoms with E-state index < -0.39 is 0 Å². The molecule has 0 radical (unpaired) electrons. The molecule has 1 saturated carbocycles. The third kappa shape index (κ3) is 3.92. The average Bonchev–Trinajstić information content (AvgIpc) is 2.87. The zero-order valence-electron chi connectivity index (χ0n) is 12.2. The summed E-state index contributed by atoms with van der Waals surface area (Å²) in [6, 6.07) is 8.04. The van der Waals surface area contributed by atoms with Gasteiger partial charge in [-0.3, -0.25) is 4.79 Å². The highest BCUT2D eigenvalue weighted by Gasteiger charge is 2.28. The van der Waals surface area contributed by atoms with E-state index in [4.69, 9.17) is 4.74 Å². The fourth-order valence-electron chi connectivity index (χ4n) is 2.78. The number of nitrogens with one attached hydrogen (secondary N) is 1. The largest absolute Gasteiger partial charge is 0.496 e. The van der Waals surface area contributed by atoms with Crippen LogP contribution in [-0.4, -0.2) is 30.1 Å². The molecular formula is C16H23NO2S. The summed E-state index contributed by atoms with van der Waals surface area (Å²) in [5, 5.41) is 3.78. The number of carbonyl (C=O) groups is 1. The highest BCUT2D eigenvalue weighted by Crippen LogP contribution is 2.30. The minimum atomic E-state index is 0.100. The lowest BCUT2D eigenvalue weighted by atomic mass is 10.1. The van der Waals surface area contributed by atoms with E-state index in [9.17, 15) is 4.79 Å². The van der Waals surface area contributed by atoms with E-state index in [1.165, 1.54) is 12.8 Å². The Hall–Kier alpha value is -1.16. The van der Waals surface area contributed by atoms with Crippen LogP contribution in [0, 0.1) is 0 Å². The van der Waals surface area contributed by atoms with E-state index >= 15 is 0 Å². The van der Waals surface area contributed by atoms with Crippen molar-refractivity contribution in [3.63, 3.8) is 0 Å². The lowest BCUT2D eigenvalue weighted by Crippen LogP contribution is -2.39. The molecule has 1 aromatic rings. The summed E-state index contributed by atoms with van der Waals surface area (Å²) in [7, 11) is 1.64. The quantitative estimate of drug-likeness (QED) is 0.876. The fraction of sp³-hybridized carbons (Fsp3) is 0.562. The molecule has 2 rings (SSSR count). The lowest BCUT2D eigenvalue weighted by Gasteiger charge is -2.20. The molecule has 4 heteroatoms. The van der Waals surface area contributed by atoms with Crippen LogP contribution in [0.1, 0.15) is 31.7 Å². The summed E-state index contributed by atoms with van der Waals surface area (Å²) < 4.78 is 5.29. The van der Waals surface area contributed by atoms with Crippen molar-refractivity contribution in [3.05, 3.63) is 29.8 Å². The third-order valence-corrected chi connectivity index (χ3v) is 5.05. The lowest BCUT2D eigenvalue weighted by molar-refractivity contribution is -0.121. The predicted octanol–water partition coefficient (Wildman–Crippen LogP) is 3.03. The average molecular weight is 293 g/mol. The molecule has 1 aliphatic rings.